The van der Waals surface area contributed by atoms with Crippen molar-refractivity contribution in [3.05, 3.63) is 11.1 Å². The van der Waals surface area contributed by atoms with Crippen LogP contribution in [0.1, 0.15) is 113 Å². The molecule has 6 unspecified atom stereocenters. The first-order valence-corrected chi connectivity index (χ1v) is 15.7. The standard InChI is InChI=1S/C30H53OS.HI/c1-20(2)32(9)19-15-21(3)22-12-17-30(8)24-10-11-25-27(4,5)26(31)14-16-28(25,6)23(24)13-18-29(22,30)7;/h20-22,25-26,31H,10-19H2,1-9H3;1H/q+1;/p-1/t21-,22?,25?,26?,28?,29?,30+,32?;/m1./s1. The van der Waals surface area contributed by atoms with E-state index in [9.17, 15) is 5.11 Å². The second kappa shape index (κ2) is 9.58. The summed E-state index contributed by atoms with van der Waals surface area (Å²) < 4.78 is 0. The fourth-order valence-electron chi connectivity index (χ4n) is 9.44. The number of hydrogen-bond donors (Lipinski definition) is 1. The third-order valence-electron chi connectivity index (χ3n) is 12.2. The maximum Gasteiger partial charge on any atom is 0.112 e. The minimum absolute atomic E-state index is 0. The summed E-state index contributed by atoms with van der Waals surface area (Å²) in [4.78, 5) is 0. The second-order valence-electron chi connectivity index (χ2n) is 13.9. The molecule has 0 aromatic rings. The molecule has 8 atom stereocenters. The van der Waals surface area contributed by atoms with Crippen molar-refractivity contribution in [3.63, 3.8) is 0 Å². The molecule has 0 aromatic carbocycles. The Balaban J connectivity index is 0.00000306. The van der Waals surface area contributed by atoms with Gasteiger partial charge in [0.2, 0.25) is 0 Å². The number of aliphatic hydroxyl groups is 1. The zero-order valence-electron chi connectivity index (χ0n) is 23.2. The molecule has 192 valence electrons. The predicted molar refractivity (Wildman–Crippen MR) is 142 cm³/mol. The Bertz CT molecular complexity index is 758. The van der Waals surface area contributed by atoms with Gasteiger partial charge in [-0.3, -0.25) is 0 Å². The number of halogens is 1. The molecule has 1 N–H and O–H groups in total. The molecule has 33 heavy (non-hydrogen) atoms. The van der Waals surface area contributed by atoms with Crippen LogP contribution in [0, 0.1) is 39.4 Å². The van der Waals surface area contributed by atoms with Crippen molar-refractivity contribution in [2.24, 2.45) is 39.4 Å². The number of fused-ring (bicyclic) bond motifs is 4. The van der Waals surface area contributed by atoms with Gasteiger partial charge in [-0.1, -0.05) is 52.7 Å². The van der Waals surface area contributed by atoms with Gasteiger partial charge < -0.3 is 29.1 Å². The van der Waals surface area contributed by atoms with Crippen LogP contribution < -0.4 is 24.0 Å². The highest BCUT2D eigenvalue weighted by molar-refractivity contribution is 7.96. The molecule has 2 saturated carbocycles. The number of rotatable bonds is 5. The van der Waals surface area contributed by atoms with E-state index in [0.29, 0.717) is 33.1 Å². The number of aliphatic hydroxyl groups excluding tert-OH is 1. The Kier molecular flexibility index (Phi) is 8.23. The van der Waals surface area contributed by atoms with Crippen LogP contribution in [0.25, 0.3) is 0 Å². The quantitative estimate of drug-likeness (QED) is 0.279. The third-order valence-corrected chi connectivity index (χ3v) is 14.7. The van der Waals surface area contributed by atoms with E-state index in [4.69, 9.17) is 0 Å². The summed E-state index contributed by atoms with van der Waals surface area (Å²) in [6.07, 6.45) is 14.1. The Morgan fingerprint density at radius 2 is 1.58 bits per heavy atom. The van der Waals surface area contributed by atoms with Gasteiger partial charge in [-0.05, 0) is 122 Å². The first-order chi connectivity index (χ1) is 14.8. The van der Waals surface area contributed by atoms with Gasteiger partial charge in [-0.25, -0.2) is 0 Å². The molecule has 2 fully saturated rings. The Labute approximate surface area is 226 Å². The summed E-state index contributed by atoms with van der Waals surface area (Å²) >= 11 is 0. The lowest BCUT2D eigenvalue weighted by molar-refractivity contribution is -0.0962. The van der Waals surface area contributed by atoms with Gasteiger partial charge in [0.25, 0.3) is 0 Å². The van der Waals surface area contributed by atoms with Gasteiger partial charge in [0.15, 0.2) is 0 Å². The highest BCUT2D eigenvalue weighted by Crippen LogP contribution is 2.72. The molecule has 0 spiro atoms. The first-order valence-electron chi connectivity index (χ1n) is 13.8. The molecule has 4 aliphatic carbocycles. The van der Waals surface area contributed by atoms with Gasteiger partial charge in [0.1, 0.15) is 11.0 Å². The minimum atomic E-state index is -0.127. The summed E-state index contributed by atoms with van der Waals surface area (Å²) in [6.45, 7) is 20.1. The third kappa shape index (κ3) is 4.22. The van der Waals surface area contributed by atoms with Crippen LogP contribution in [0.5, 0.6) is 0 Å². The molecule has 3 heteroatoms. The maximum atomic E-state index is 10.8. The second-order valence-corrected chi connectivity index (χ2v) is 16.7. The van der Waals surface area contributed by atoms with Crippen LogP contribution in [0.15, 0.2) is 11.1 Å². The van der Waals surface area contributed by atoms with Crippen molar-refractivity contribution in [1.82, 2.24) is 0 Å². The fraction of sp³-hybridized carbons (Fsp3) is 0.933. The predicted octanol–water partition coefficient (Wildman–Crippen LogP) is 4.78. The van der Waals surface area contributed by atoms with E-state index in [1.54, 1.807) is 0 Å². The highest BCUT2D eigenvalue weighted by Gasteiger charge is 2.63. The molecule has 0 radical (unpaired) electrons. The van der Waals surface area contributed by atoms with Gasteiger partial charge in [0, 0.05) is 0 Å². The van der Waals surface area contributed by atoms with Crippen molar-refractivity contribution in [2.75, 3.05) is 12.0 Å². The molecule has 0 amide bonds. The van der Waals surface area contributed by atoms with E-state index in [-0.39, 0.29) is 35.5 Å². The Morgan fingerprint density at radius 3 is 2.21 bits per heavy atom. The van der Waals surface area contributed by atoms with Gasteiger partial charge >= 0.3 is 0 Å². The maximum absolute atomic E-state index is 10.8. The monoisotopic (exact) mass is 588 g/mol. The van der Waals surface area contributed by atoms with Crippen molar-refractivity contribution < 1.29 is 29.1 Å². The topological polar surface area (TPSA) is 20.2 Å². The summed E-state index contributed by atoms with van der Waals surface area (Å²) in [6, 6.07) is 0. The van der Waals surface area contributed by atoms with E-state index >= 15 is 0 Å². The highest BCUT2D eigenvalue weighted by atomic mass is 127. The molecular formula is C30H53IOS. The minimum Gasteiger partial charge on any atom is -1.00 e. The van der Waals surface area contributed by atoms with Crippen LogP contribution >= 0.6 is 0 Å². The molecule has 0 aliphatic heterocycles. The lowest BCUT2D eigenvalue weighted by atomic mass is 9.43. The van der Waals surface area contributed by atoms with Crippen LogP contribution in [-0.4, -0.2) is 28.5 Å². The van der Waals surface area contributed by atoms with Crippen LogP contribution in [0.4, 0.5) is 0 Å². The van der Waals surface area contributed by atoms with Gasteiger partial charge in [0.05, 0.1) is 12.4 Å². The average Bonchev–Trinajstić information content (AvgIpc) is 3.00. The van der Waals surface area contributed by atoms with E-state index < -0.39 is 0 Å². The number of allylic oxidation sites excluding steroid dienone is 2. The Hall–Kier alpha value is 0.780. The van der Waals surface area contributed by atoms with Crippen LogP contribution in [0.3, 0.4) is 0 Å². The van der Waals surface area contributed by atoms with E-state index in [0.717, 1.165) is 23.5 Å². The van der Waals surface area contributed by atoms with Gasteiger partial charge in [-0.15, -0.1) is 0 Å². The first kappa shape index (κ1) is 28.4. The molecule has 0 saturated heterocycles. The largest absolute Gasteiger partial charge is 1.00 e. The molecular weight excluding hydrogens is 535 g/mol. The molecule has 0 bridgehead atoms. The number of hydrogen-bond acceptors (Lipinski definition) is 1. The smallest absolute Gasteiger partial charge is 0.112 e. The molecule has 4 rings (SSSR count). The lowest BCUT2D eigenvalue weighted by Gasteiger charge is -2.62. The van der Waals surface area contributed by atoms with Crippen molar-refractivity contribution in [1.29, 1.82) is 0 Å². The lowest BCUT2D eigenvalue weighted by Crippen LogP contribution is -3.00. The van der Waals surface area contributed by atoms with E-state index in [2.05, 4.69) is 61.6 Å². The van der Waals surface area contributed by atoms with Crippen molar-refractivity contribution >= 4 is 10.9 Å². The molecule has 0 heterocycles. The summed E-state index contributed by atoms with van der Waals surface area (Å²) in [7, 11) is 0.567. The van der Waals surface area contributed by atoms with E-state index in [1.165, 1.54) is 57.1 Å². The van der Waals surface area contributed by atoms with Crippen molar-refractivity contribution in [2.45, 2.75) is 125 Å². The molecule has 4 aliphatic rings. The summed E-state index contributed by atoms with van der Waals surface area (Å²) in [5, 5.41) is 11.7. The summed E-state index contributed by atoms with van der Waals surface area (Å²) in [5.41, 5.74) is 5.00. The zero-order chi connectivity index (χ0) is 23.7. The molecule has 1 nitrogen and oxygen atoms in total. The van der Waals surface area contributed by atoms with Crippen LogP contribution in [0.2, 0.25) is 0 Å². The normalized spacial score (nSPS) is 43.9. The van der Waals surface area contributed by atoms with E-state index in [1.807, 2.05) is 11.1 Å². The SMILES string of the molecule is CC(C)[S+](C)CC[C@@H](C)C1CC[C@@]2(C)C3=C(CCC12C)C1(C)CCC(O)C(C)(C)C1CC3.[I-]. The van der Waals surface area contributed by atoms with Crippen molar-refractivity contribution in [3.8, 4) is 0 Å². The zero-order valence-corrected chi connectivity index (χ0v) is 26.2. The summed E-state index contributed by atoms with van der Waals surface area (Å²) in [5.74, 6) is 3.81. The fourth-order valence-corrected chi connectivity index (χ4v) is 10.7. The molecule has 0 aromatic heterocycles. The average molecular weight is 589 g/mol. The Morgan fingerprint density at radius 1 is 0.909 bits per heavy atom. The van der Waals surface area contributed by atoms with Gasteiger partial charge in [-0.2, -0.15) is 0 Å². The van der Waals surface area contributed by atoms with Crippen LogP contribution in [-0.2, 0) is 10.9 Å².